The van der Waals surface area contributed by atoms with Crippen molar-refractivity contribution < 1.29 is 14.7 Å². The molecule has 0 radical (unpaired) electrons. The van der Waals surface area contributed by atoms with Crippen molar-refractivity contribution in [1.82, 2.24) is 9.88 Å². The average Bonchev–Trinajstić information content (AvgIpc) is 2.72. The summed E-state index contributed by atoms with van der Waals surface area (Å²) in [6.45, 7) is 2.61. The van der Waals surface area contributed by atoms with E-state index in [-0.39, 0.29) is 12.3 Å². The van der Waals surface area contributed by atoms with Crippen LogP contribution in [0.5, 0.6) is 0 Å². The molecule has 0 fully saturated rings. The van der Waals surface area contributed by atoms with Crippen molar-refractivity contribution in [2.24, 2.45) is 13.0 Å². The lowest BCUT2D eigenvalue weighted by Gasteiger charge is -2.14. The van der Waals surface area contributed by atoms with Crippen molar-refractivity contribution in [1.29, 1.82) is 0 Å². The summed E-state index contributed by atoms with van der Waals surface area (Å²) in [5.41, 5.74) is 0.607. The molecule has 0 bridgehead atoms. The highest BCUT2D eigenvalue weighted by atomic mass is 79.9. The normalized spacial score (nSPS) is 12.2. The predicted octanol–water partition coefficient (Wildman–Crippen LogP) is 2.80. The van der Waals surface area contributed by atoms with Crippen LogP contribution in [0.4, 0.5) is 0 Å². The number of nitrogens with zero attached hydrogens (tertiary/aromatic N) is 1. The smallest absolute Gasteiger partial charge is 0.303 e. The number of hydrogen-bond acceptors (Lipinski definition) is 2. The Kier molecular flexibility index (Phi) is 6.78. The van der Waals surface area contributed by atoms with Crippen LogP contribution in [0.3, 0.4) is 0 Å². The number of carboxylic acid groups (broad SMARTS) is 1. The van der Waals surface area contributed by atoms with E-state index in [1.54, 1.807) is 10.6 Å². The molecule has 1 aromatic heterocycles. The Morgan fingerprint density at radius 2 is 2.15 bits per heavy atom. The fourth-order valence-corrected chi connectivity index (χ4v) is 2.63. The standard InChI is InChI=1S/C14H21BrN2O3/c1-3-10(4-5-13(18)19)6-7-16-14(20)12-8-11(15)9-17(12)2/h8-10H,3-7H2,1-2H3,(H,16,20)(H,18,19). The number of nitrogens with one attached hydrogen (secondary N) is 1. The van der Waals surface area contributed by atoms with Gasteiger partial charge in [-0.05, 0) is 40.8 Å². The fourth-order valence-electron chi connectivity index (χ4n) is 2.11. The quantitative estimate of drug-likeness (QED) is 0.761. The molecule has 0 aliphatic heterocycles. The second-order valence-corrected chi connectivity index (χ2v) is 5.82. The Balaban J connectivity index is 2.37. The van der Waals surface area contributed by atoms with Crippen LogP contribution in [0, 0.1) is 5.92 Å². The summed E-state index contributed by atoms with van der Waals surface area (Å²) in [5, 5.41) is 11.6. The third-order valence-electron chi connectivity index (χ3n) is 3.39. The summed E-state index contributed by atoms with van der Waals surface area (Å²) in [7, 11) is 1.82. The van der Waals surface area contributed by atoms with Gasteiger partial charge in [0.1, 0.15) is 5.69 Å². The molecule has 0 aliphatic rings. The third-order valence-corrected chi connectivity index (χ3v) is 3.82. The van der Waals surface area contributed by atoms with Gasteiger partial charge in [0, 0.05) is 30.7 Å². The minimum Gasteiger partial charge on any atom is -0.481 e. The SMILES string of the molecule is CCC(CCNC(=O)c1cc(Br)cn1C)CCC(=O)O. The Hall–Kier alpha value is -1.30. The van der Waals surface area contributed by atoms with Crippen LogP contribution in [-0.4, -0.2) is 28.1 Å². The van der Waals surface area contributed by atoms with E-state index >= 15 is 0 Å². The van der Waals surface area contributed by atoms with Crippen LogP contribution >= 0.6 is 15.9 Å². The van der Waals surface area contributed by atoms with Crippen molar-refractivity contribution in [3.63, 3.8) is 0 Å². The molecule has 1 aromatic rings. The third kappa shape index (κ3) is 5.36. The predicted molar refractivity (Wildman–Crippen MR) is 80.7 cm³/mol. The summed E-state index contributed by atoms with van der Waals surface area (Å²) < 4.78 is 2.64. The highest BCUT2D eigenvalue weighted by molar-refractivity contribution is 9.10. The second-order valence-electron chi connectivity index (χ2n) is 4.91. The van der Waals surface area contributed by atoms with Gasteiger partial charge in [0.05, 0.1) is 0 Å². The zero-order chi connectivity index (χ0) is 15.1. The van der Waals surface area contributed by atoms with Gasteiger partial charge in [0.15, 0.2) is 0 Å². The molecule has 1 amide bonds. The Bertz CT molecular complexity index is 471. The molecule has 0 aromatic carbocycles. The van der Waals surface area contributed by atoms with Crippen molar-refractivity contribution in [2.45, 2.75) is 32.6 Å². The van der Waals surface area contributed by atoms with Crippen molar-refractivity contribution in [2.75, 3.05) is 6.54 Å². The number of hydrogen-bond donors (Lipinski definition) is 2. The van der Waals surface area contributed by atoms with E-state index in [9.17, 15) is 9.59 Å². The van der Waals surface area contributed by atoms with E-state index in [0.29, 0.717) is 24.6 Å². The summed E-state index contributed by atoms with van der Waals surface area (Å²) in [6.07, 6.45) is 4.42. The molecule has 1 heterocycles. The first-order chi connectivity index (χ1) is 9.43. The van der Waals surface area contributed by atoms with Crippen molar-refractivity contribution in [3.8, 4) is 0 Å². The summed E-state index contributed by atoms with van der Waals surface area (Å²) in [4.78, 5) is 22.5. The first-order valence-electron chi connectivity index (χ1n) is 6.75. The zero-order valence-electron chi connectivity index (χ0n) is 11.9. The molecule has 5 nitrogen and oxygen atoms in total. The van der Waals surface area contributed by atoms with Crippen LogP contribution in [0.15, 0.2) is 16.7 Å². The van der Waals surface area contributed by atoms with E-state index in [2.05, 4.69) is 21.2 Å². The summed E-state index contributed by atoms with van der Waals surface area (Å²) in [5.74, 6) is -0.529. The van der Waals surface area contributed by atoms with Gasteiger partial charge in [-0.2, -0.15) is 0 Å². The van der Waals surface area contributed by atoms with Gasteiger partial charge in [0.25, 0.3) is 5.91 Å². The van der Waals surface area contributed by atoms with E-state index in [0.717, 1.165) is 17.3 Å². The van der Waals surface area contributed by atoms with Gasteiger partial charge in [-0.3, -0.25) is 9.59 Å². The van der Waals surface area contributed by atoms with Gasteiger partial charge in [-0.1, -0.05) is 13.3 Å². The minimum absolute atomic E-state index is 0.105. The largest absolute Gasteiger partial charge is 0.481 e. The van der Waals surface area contributed by atoms with Gasteiger partial charge in [-0.15, -0.1) is 0 Å². The lowest BCUT2D eigenvalue weighted by molar-refractivity contribution is -0.137. The van der Waals surface area contributed by atoms with Gasteiger partial charge in [0.2, 0.25) is 0 Å². The number of carbonyl (C=O) groups is 2. The van der Waals surface area contributed by atoms with E-state index in [1.807, 2.05) is 20.2 Å². The van der Waals surface area contributed by atoms with Crippen molar-refractivity contribution >= 4 is 27.8 Å². The Morgan fingerprint density at radius 3 is 2.65 bits per heavy atom. The molecule has 1 unspecified atom stereocenters. The van der Waals surface area contributed by atoms with Crippen LogP contribution in [0.1, 0.15) is 43.1 Å². The summed E-state index contributed by atoms with van der Waals surface area (Å²) >= 11 is 3.33. The maximum atomic E-state index is 12.0. The fraction of sp³-hybridized carbons (Fsp3) is 0.571. The maximum absolute atomic E-state index is 12.0. The number of amides is 1. The molecule has 112 valence electrons. The molecule has 0 aliphatic carbocycles. The monoisotopic (exact) mass is 344 g/mol. The number of aryl methyl sites for hydroxylation is 1. The molecule has 6 heteroatoms. The topological polar surface area (TPSA) is 71.3 Å². The maximum Gasteiger partial charge on any atom is 0.303 e. The zero-order valence-corrected chi connectivity index (χ0v) is 13.4. The highest BCUT2D eigenvalue weighted by Crippen LogP contribution is 2.16. The number of carboxylic acids is 1. The van der Waals surface area contributed by atoms with Crippen molar-refractivity contribution in [3.05, 3.63) is 22.4 Å². The van der Waals surface area contributed by atoms with Crippen LogP contribution in [0.2, 0.25) is 0 Å². The molecule has 1 rings (SSSR count). The van der Waals surface area contributed by atoms with Crippen LogP contribution in [0.25, 0.3) is 0 Å². The number of aliphatic carboxylic acids is 1. The molecule has 20 heavy (non-hydrogen) atoms. The molecular weight excluding hydrogens is 324 g/mol. The first-order valence-corrected chi connectivity index (χ1v) is 7.55. The number of halogens is 1. The van der Waals surface area contributed by atoms with Gasteiger partial charge < -0.3 is 15.0 Å². The van der Waals surface area contributed by atoms with Gasteiger partial charge in [-0.25, -0.2) is 0 Å². The average molecular weight is 345 g/mol. The molecule has 0 spiro atoms. The molecular formula is C14H21BrN2O3. The number of aromatic nitrogens is 1. The Morgan fingerprint density at radius 1 is 1.45 bits per heavy atom. The number of carbonyl (C=O) groups excluding carboxylic acids is 1. The highest BCUT2D eigenvalue weighted by Gasteiger charge is 2.12. The molecule has 1 atom stereocenters. The molecule has 0 saturated carbocycles. The second kappa shape index (κ2) is 8.09. The first kappa shape index (κ1) is 16.8. The molecule has 0 saturated heterocycles. The lowest BCUT2D eigenvalue weighted by Crippen LogP contribution is -2.27. The lowest BCUT2D eigenvalue weighted by atomic mass is 9.96. The minimum atomic E-state index is -0.763. The van der Waals surface area contributed by atoms with Crippen LogP contribution in [-0.2, 0) is 11.8 Å². The van der Waals surface area contributed by atoms with E-state index in [4.69, 9.17) is 5.11 Å². The number of rotatable bonds is 8. The Labute approximate surface area is 127 Å². The van der Waals surface area contributed by atoms with E-state index < -0.39 is 5.97 Å². The van der Waals surface area contributed by atoms with E-state index in [1.165, 1.54) is 0 Å². The molecule has 2 N–H and O–H groups in total. The van der Waals surface area contributed by atoms with Gasteiger partial charge >= 0.3 is 5.97 Å². The summed E-state index contributed by atoms with van der Waals surface area (Å²) in [6, 6.07) is 1.77. The van der Waals surface area contributed by atoms with Crippen LogP contribution < -0.4 is 5.32 Å².